The lowest BCUT2D eigenvalue weighted by Gasteiger charge is -2.12. The molecule has 1 aromatic carbocycles. The first-order valence-electron chi connectivity index (χ1n) is 9.23. The van der Waals surface area contributed by atoms with Gasteiger partial charge in [0.2, 0.25) is 5.88 Å². The van der Waals surface area contributed by atoms with Gasteiger partial charge in [0.15, 0.2) is 0 Å². The molecule has 0 atom stereocenters. The van der Waals surface area contributed by atoms with Crippen molar-refractivity contribution in [2.75, 3.05) is 0 Å². The Kier molecular flexibility index (Phi) is 3.93. The van der Waals surface area contributed by atoms with Gasteiger partial charge in [0.05, 0.1) is 5.39 Å². The van der Waals surface area contributed by atoms with Crippen LogP contribution in [0, 0.1) is 0 Å². The van der Waals surface area contributed by atoms with Gasteiger partial charge >= 0.3 is 5.63 Å². The second-order valence-electron chi connectivity index (χ2n) is 6.77. The van der Waals surface area contributed by atoms with E-state index in [0.717, 1.165) is 40.4 Å². The van der Waals surface area contributed by atoms with Gasteiger partial charge in [-0.3, -0.25) is 0 Å². The summed E-state index contributed by atoms with van der Waals surface area (Å²) in [5.41, 5.74) is 2.50. The van der Waals surface area contributed by atoms with Crippen LogP contribution in [0.25, 0.3) is 21.2 Å². The molecule has 0 bridgehead atoms. The van der Waals surface area contributed by atoms with Crippen LogP contribution in [0.3, 0.4) is 0 Å². The molecule has 0 N–H and O–H groups in total. The molecular weight excluding hydrogens is 360 g/mol. The number of rotatable bonds is 3. The molecule has 27 heavy (non-hydrogen) atoms. The predicted octanol–water partition coefficient (Wildman–Crippen LogP) is 5.03. The van der Waals surface area contributed by atoms with Crippen LogP contribution in [-0.2, 0) is 19.3 Å². The second-order valence-corrected chi connectivity index (χ2v) is 7.86. The molecule has 0 radical (unpaired) electrons. The van der Waals surface area contributed by atoms with Crippen LogP contribution in [0.15, 0.2) is 39.8 Å². The van der Waals surface area contributed by atoms with Crippen LogP contribution in [0.5, 0.6) is 11.6 Å². The molecule has 1 aliphatic carbocycles. The van der Waals surface area contributed by atoms with Crippen molar-refractivity contribution in [1.82, 2.24) is 9.97 Å². The Labute approximate surface area is 159 Å². The molecule has 6 heteroatoms. The number of aromatic nitrogens is 2. The third-order valence-corrected chi connectivity index (χ3v) is 6.31. The molecule has 0 aliphatic heterocycles. The van der Waals surface area contributed by atoms with E-state index in [2.05, 4.69) is 9.97 Å². The van der Waals surface area contributed by atoms with E-state index in [0.29, 0.717) is 17.2 Å². The number of ether oxygens (including phenoxy) is 1. The first kappa shape index (κ1) is 16.4. The summed E-state index contributed by atoms with van der Waals surface area (Å²) in [6.45, 7) is 2.02. The molecule has 3 aromatic heterocycles. The monoisotopic (exact) mass is 378 g/mol. The highest BCUT2D eigenvalue weighted by atomic mass is 32.1. The molecule has 0 unspecified atom stereocenters. The topological polar surface area (TPSA) is 65.2 Å². The largest absolute Gasteiger partial charge is 0.438 e. The van der Waals surface area contributed by atoms with Crippen molar-refractivity contribution in [3.63, 3.8) is 0 Å². The van der Waals surface area contributed by atoms with Gasteiger partial charge in [-0.15, -0.1) is 11.3 Å². The molecule has 0 spiro atoms. The van der Waals surface area contributed by atoms with Crippen LogP contribution in [0.1, 0.15) is 35.8 Å². The maximum absolute atomic E-state index is 11.8. The molecule has 0 fully saturated rings. The summed E-state index contributed by atoms with van der Waals surface area (Å²) in [6.07, 6.45) is 6.90. The quantitative estimate of drug-likeness (QED) is 0.468. The Morgan fingerprint density at radius 3 is 2.96 bits per heavy atom. The fraction of sp³-hybridized carbons (Fsp3) is 0.286. The van der Waals surface area contributed by atoms with Gasteiger partial charge in [-0.1, -0.05) is 6.92 Å². The van der Waals surface area contributed by atoms with Gasteiger partial charge in [0, 0.05) is 22.4 Å². The zero-order valence-electron chi connectivity index (χ0n) is 14.9. The van der Waals surface area contributed by atoms with Crippen molar-refractivity contribution in [1.29, 1.82) is 0 Å². The zero-order chi connectivity index (χ0) is 18.4. The molecule has 1 aliphatic rings. The van der Waals surface area contributed by atoms with Crippen LogP contribution < -0.4 is 10.4 Å². The number of aryl methyl sites for hydroxylation is 3. The van der Waals surface area contributed by atoms with E-state index in [1.54, 1.807) is 29.8 Å². The number of thiophene rings is 1. The summed E-state index contributed by atoms with van der Waals surface area (Å²) >= 11 is 1.74. The summed E-state index contributed by atoms with van der Waals surface area (Å²) in [5.74, 6) is 1.18. The van der Waals surface area contributed by atoms with E-state index >= 15 is 0 Å². The molecule has 0 saturated carbocycles. The summed E-state index contributed by atoms with van der Waals surface area (Å²) in [5, 5.41) is 1.96. The third kappa shape index (κ3) is 2.80. The van der Waals surface area contributed by atoms with Crippen LogP contribution >= 0.6 is 11.3 Å². The molecule has 5 rings (SSSR count). The van der Waals surface area contributed by atoms with Crippen molar-refractivity contribution in [3.05, 3.63) is 57.0 Å². The molecule has 3 heterocycles. The van der Waals surface area contributed by atoms with E-state index in [1.165, 1.54) is 23.3 Å². The number of fused-ring (bicyclic) bond motifs is 4. The highest BCUT2D eigenvalue weighted by molar-refractivity contribution is 7.18. The zero-order valence-corrected chi connectivity index (χ0v) is 15.8. The fourth-order valence-corrected chi connectivity index (χ4v) is 5.04. The molecule has 0 amide bonds. The normalized spacial score (nSPS) is 13.8. The van der Waals surface area contributed by atoms with Gasteiger partial charge in [-0.25, -0.2) is 14.8 Å². The van der Waals surface area contributed by atoms with E-state index in [1.807, 2.05) is 19.1 Å². The summed E-state index contributed by atoms with van der Waals surface area (Å²) in [7, 11) is 0. The van der Waals surface area contributed by atoms with Gasteiger partial charge in [-0.05, 0) is 55.4 Å². The van der Waals surface area contributed by atoms with Crippen molar-refractivity contribution >= 4 is 32.5 Å². The Balaban J connectivity index is 1.61. The van der Waals surface area contributed by atoms with Crippen LogP contribution in [0.4, 0.5) is 0 Å². The number of hydrogen-bond donors (Lipinski definition) is 0. The lowest BCUT2D eigenvalue weighted by molar-refractivity contribution is 0.466. The van der Waals surface area contributed by atoms with Crippen LogP contribution in [0.2, 0.25) is 0 Å². The number of nitrogens with zero attached hydrogens (tertiary/aromatic N) is 2. The van der Waals surface area contributed by atoms with E-state index in [4.69, 9.17) is 9.15 Å². The first-order chi connectivity index (χ1) is 13.2. The minimum absolute atomic E-state index is 0.340. The van der Waals surface area contributed by atoms with Crippen molar-refractivity contribution < 1.29 is 9.15 Å². The molecule has 136 valence electrons. The smallest absolute Gasteiger partial charge is 0.336 e. The number of hydrogen-bond acceptors (Lipinski definition) is 6. The molecule has 5 nitrogen and oxygen atoms in total. The summed E-state index contributed by atoms with van der Waals surface area (Å²) < 4.78 is 11.5. The fourth-order valence-electron chi connectivity index (χ4n) is 3.82. The number of benzene rings is 1. The average Bonchev–Trinajstić information content (AvgIpc) is 3.06. The van der Waals surface area contributed by atoms with E-state index in [-0.39, 0.29) is 5.63 Å². The highest BCUT2D eigenvalue weighted by Gasteiger charge is 2.21. The summed E-state index contributed by atoms with van der Waals surface area (Å²) in [4.78, 5) is 23.0. The Hall–Kier alpha value is -2.73. The third-order valence-electron chi connectivity index (χ3n) is 5.11. The standard InChI is InChI=1S/C21H18N2O3S/c1-2-12-9-18(24)26-16-10-13(7-8-14(12)16)25-20-19-15-5-3-4-6-17(15)27-21(19)23-11-22-20/h7-11H,2-6H2,1H3. The van der Waals surface area contributed by atoms with Crippen molar-refractivity contribution in [3.8, 4) is 11.6 Å². The molecule has 0 saturated heterocycles. The average molecular weight is 378 g/mol. The van der Waals surface area contributed by atoms with E-state index < -0.39 is 0 Å². The Morgan fingerprint density at radius 2 is 2.07 bits per heavy atom. The Morgan fingerprint density at radius 1 is 1.19 bits per heavy atom. The van der Waals surface area contributed by atoms with Crippen molar-refractivity contribution in [2.45, 2.75) is 39.0 Å². The van der Waals surface area contributed by atoms with Gasteiger partial charge in [0.1, 0.15) is 22.5 Å². The summed E-state index contributed by atoms with van der Waals surface area (Å²) in [6, 6.07) is 7.15. The minimum Gasteiger partial charge on any atom is -0.438 e. The second kappa shape index (κ2) is 6.46. The SMILES string of the molecule is CCc1cc(=O)oc2cc(Oc3ncnc4sc5c(c34)CCCC5)ccc12. The lowest BCUT2D eigenvalue weighted by atomic mass is 9.97. The van der Waals surface area contributed by atoms with Crippen molar-refractivity contribution in [2.24, 2.45) is 0 Å². The maximum atomic E-state index is 11.8. The first-order valence-corrected chi connectivity index (χ1v) is 10.0. The van der Waals surface area contributed by atoms with Crippen LogP contribution in [-0.4, -0.2) is 9.97 Å². The Bertz CT molecular complexity index is 1230. The minimum atomic E-state index is -0.340. The lowest BCUT2D eigenvalue weighted by Crippen LogP contribution is -2.00. The van der Waals surface area contributed by atoms with Gasteiger partial charge in [-0.2, -0.15) is 0 Å². The molecule has 4 aromatic rings. The van der Waals surface area contributed by atoms with Gasteiger partial charge < -0.3 is 9.15 Å². The highest BCUT2D eigenvalue weighted by Crippen LogP contribution is 2.40. The predicted molar refractivity (Wildman–Crippen MR) is 106 cm³/mol. The maximum Gasteiger partial charge on any atom is 0.336 e. The van der Waals surface area contributed by atoms with E-state index in [9.17, 15) is 4.79 Å². The molecular formula is C21H18N2O3S. The van der Waals surface area contributed by atoms with Gasteiger partial charge in [0.25, 0.3) is 0 Å².